The molecule has 0 aliphatic carbocycles. The topological polar surface area (TPSA) is 53.7 Å². The van der Waals surface area contributed by atoms with Gasteiger partial charge in [-0.2, -0.15) is 0 Å². The molecule has 22 heavy (non-hydrogen) atoms. The molecular weight excluding hydrogens is 303 g/mol. The van der Waals surface area contributed by atoms with E-state index in [1.165, 1.54) is 12.1 Å². The van der Waals surface area contributed by atoms with Crippen LogP contribution in [0.3, 0.4) is 0 Å². The molecule has 0 fully saturated rings. The summed E-state index contributed by atoms with van der Waals surface area (Å²) in [5.41, 5.74) is 6.99. The second-order valence-corrected chi connectivity index (χ2v) is 5.27. The Kier molecular flexibility index (Phi) is 5.35. The Hall–Kier alpha value is -2.11. The Labute approximate surface area is 134 Å². The van der Waals surface area contributed by atoms with Crippen molar-refractivity contribution in [3.8, 4) is 0 Å². The average molecular weight is 321 g/mol. The van der Waals surface area contributed by atoms with E-state index in [-0.39, 0.29) is 5.02 Å². The van der Waals surface area contributed by atoms with Crippen molar-refractivity contribution in [3.63, 3.8) is 0 Å². The zero-order chi connectivity index (χ0) is 16.1. The highest BCUT2D eigenvalue weighted by molar-refractivity contribution is 6.30. The number of rotatable bonds is 5. The number of nitrogens with zero attached hydrogens (tertiary/aromatic N) is 2. The van der Waals surface area contributed by atoms with Crippen LogP contribution in [-0.4, -0.2) is 23.8 Å². The molecule has 1 aromatic rings. The second-order valence-electron chi connectivity index (χ2n) is 4.86. The van der Waals surface area contributed by atoms with Crippen LogP contribution in [0.1, 0.15) is 5.56 Å². The van der Waals surface area contributed by atoms with Gasteiger partial charge in [-0.3, -0.25) is 0 Å². The van der Waals surface area contributed by atoms with Gasteiger partial charge in [0.05, 0.1) is 5.02 Å². The van der Waals surface area contributed by atoms with E-state index in [0.717, 1.165) is 5.56 Å². The molecule has 1 heterocycles. The standard InChI is InChI=1S/C16H18ClFN4/c1-11(9-13-3-4-14(17)15(18)10-13)20-16-5-7-22(8-6-19)12(2)21-16/h3-5,7,10H,1-2,6,8-9,19H2,(H,20,21). The molecule has 0 unspecified atom stereocenters. The molecular formula is C16H18ClFN4. The smallest absolute Gasteiger partial charge is 0.142 e. The van der Waals surface area contributed by atoms with E-state index < -0.39 is 5.82 Å². The third-order valence-corrected chi connectivity index (χ3v) is 3.38. The molecule has 116 valence electrons. The van der Waals surface area contributed by atoms with Crippen molar-refractivity contribution in [3.05, 3.63) is 71.6 Å². The summed E-state index contributed by atoms with van der Waals surface area (Å²) in [6.07, 6.45) is 4.15. The summed E-state index contributed by atoms with van der Waals surface area (Å²) in [7, 11) is 0. The third-order valence-electron chi connectivity index (χ3n) is 3.07. The van der Waals surface area contributed by atoms with Gasteiger partial charge in [0.25, 0.3) is 0 Å². The van der Waals surface area contributed by atoms with Crippen LogP contribution in [0.4, 0.5) is 4.39 Å². The molecule has 6 heteroatoms. The molecule has 0 radical (unpaired) electrons. The molecule has 0 spiro atoms. The summed E-state index contributed by atoms with van der Waals surface area (Å²) >= 11 is 5.66. The summed E-state index contributed by atoms with van der Waals surface area (Å²) in [5.74, 6) is 0.811. The maximum atomic E-state index is 13.4. The Morgan fingerprint density at radius 2 is 2.23 bits per heavy atom. The van der Waals surface area contributed by atoms with E-state index in [0.29, 0.717) is 36.9 Å². The lowest BCUT2D eigenvalue weighted by atomic mass is 10.1. The summed E-state index contributed by atoms with van der Waals surface area (Å²) in [6.45, 7) is 8.99. The summed E-state index contributed by atoms with van der Waals surface area (Å²) in [4.78, 5) is 6.20. The lowest BCUT2D eigenvalue weighted by Crippen LogP contribution is -2.30. The number of amidine groups is 1. The number of nitrogens with two attached hydrogens (primary N) is 1. The van der Waals surface area contributed by atoms with Crippen molar-refractivity contribution in [1.29, 1.82) is 0 Å². The quantitative estimate of drug-likeness (QED) is 0.877. The molecule has 0 bridgehead atoms. The molecule has 0 saturated carbocycles. The first-order valence-corrected chi connectivity index (χ1v) is 7.18. The fraction of sp³-hybridized carbons (Fsp3) is 0.188. The first kappa shape index (κ1) is 16.3. The molecule has 0 saturated heterocycles. The molecule has 0 aromatic heterocycles. The van der Waals surface area contributed by atoms with Crippen LogP contribution >= 0.6 is 11.6 Å². The monoisotopic (exact) mass is 320 g/mol. The number of nitrogens with one attached hydrogen (secondary N) is 1. The molecule has 1 aliphatic heterocycles. The van der Waals surface area contributed by atoms with Gasteiger partial charge in [0.1, 0.15) is 17.5 Å². The molecule has 3 N–H and O–H groups in total. The summed E-state index contributed by atoms with van der Waals surface area (Å²) in [5, 5.41) is 3.20. The number of aliphatic imine (C=N–C) groups is 1. The van der Waals surface area contributed by atoms with Gasteiger partial charge >= 0.3 is 0 Å². The van der Waals surface area contributed by atoms with Crippen molar-refractivity contribution >= 4 is 17.4 Å². The van der Waals surface area contributed by atoms with Crippen molar-refractivity contribution in [2.24, 2.45) is 10.7 Å². The highest BCUT2D eigenvalue weighted by Gasteiger charge is 2.10. The van der Waals surface area contributed by atoms with E-state index in [9.17, 15) is 4.39 Å². The minimum absolute atomic E-state index is 0.109. The van der Waals surface area contributed by atoms with Gasteiger partial charge in [0, 0.05) is 31.4 Å². The van der Waals surface area contributed by atoms with Gasteiger partial charge in [0.15, 0.2) is 0 Å². The van der Waals surface area contributed by atoms with Crippen LogP contribution in [-0.2, 0) is 6.42 Å². The number of hydrogen-bond donors (Lipinski definition) is 2. The minimum Gasteiger partial charge on any atom is -0.344 e. The maximum absolute atomic E-state index is 13.4. The lowest BCUT2D eigenvalue weighted by Gasteiger charge is -2.23. The first-order valence-electron chi connectivity index (χ1n) is 6.81. The van der Waals surface area contributed by atoms with Crippen LogP contribution in [0.15, 0.2) is 60.1 Å². The SMILES string of the molecule is C=C(Cc1ccc(Cl)c(F)c1)NC1=NC(=C)N(CCN)C=C1. The Bertz CT molecular complexity index is 652. The summed E-state index contributed by atoms with van der Waals surface area (Å²) in [6, 6.07) is 4.69. The van der Waals surface area contributed by atoms with Crippen LogP contribution in [0.5, 0.6) is 0 Å². The van der Waals surface area contributed by atoms with Crippen molar-refractivity contribution in [2.75, 3.05) is 13.1 Å². The second kappa shape index (κ2) is 7.24. The average Bonchev–Trinajstić information content (AvgIpc) is 2.46. The zero-order valence-corrected chi connectivity index (χ0v) is 12.9. The molecule has 4 nitrogen and oxygen atoms in total. The van der Waals surface area contributed by atoms with Gasteiger partial charge in [-0.1, -0.05) is 30.8 Å². The van der Waals surface area contributed by atoms with E-state index in [2.05, 4.69) is 23.5 Å². The van der Waals surface area contributed by atoms with Gasteiger partial charge in [-0.05, 0) is 23.8 Å². The molecule has 1 aliphatic rings. The normalized spacial score (nSPS) is 14.0. The lowest BCUT2D eigenvalue weighted by molar-refractivity contribution is 0.468. The van der Waals surface area contributed by atoms with Gasteiger partial charge in [-0.25, -0.2) is 9.38 Å². The molecule has 2 rings (SSSR count). The highest BCUT2D eigenvalue weighted by atomic mass is 35.5. The van der Waals surface area contributed by atoms with E-state index in [1.54, 1.807) is 6.07 Å². The van der Waals surface area contributed by atoms with Crippen LogP contribution in [0.25, 0.3) is 0 Å². The first-order chi connectivity index (χ1) is 10.5. The number of hydrogen-bond acceptors (Lipinski definition) is 4. The fourth-order valence-electron chi connectivity index (χ4n) is 2.02. The van der Waals surface area contributed by atoms with Gasteiger partial charge < -0.3 is 16.0 Å². The fourth-order valence-corrected chi connectivity index (χ4v) is 2.14. The zero-order valence-electron chi connectivity index (χ0n) is 12.1. The van der Waals surface area contributed by atoms with Crippen molar-refractivity contribution in [2.45, 2.75) is 6.42 Å². The number of halogens is 2. The van der Waals surface area contributed by atoms with E-state index in [4.69, 9.17) is 17.3 Å². The highest BCUT2D eigenvalue weighted by Crippen LogP contribution is 2.17. The number of benzene rings is 1. The molecule has 0 atom stereocenters. The largest absolute Gasteiger partial charge is 0.344 e. The van der Waals surface area contributed by atoms with Gasteiger partial charge in [0.2, 0.25) is 0 Å². The van der Waals surface area contributed by atoms with E-state index in [1.807, 2.05) is 17.2 Å². The van der Waals surface area contributed by atoms with Crippen molar-refractivity contribution in [1.82, 2.24) is 10.2 Å². The predicted octanol–water partition coefficient (Wildman–Crippen LogP) is 2.78. The van der Waals surface area contributed by atoms with Gasteiger partial charge in [-0.15, -0.1) is 0 Å². The Morgan fingerprint density at radius 3 is 2.86 bits per heavy atom. The Morgan fingerprint density at radius 1 is 1.45 bits per heavy atom. The van der Waals surface area contributed by atoms with E-state index >= 15 is 0 Å². The maximum Gasteiger partial charge on any atom is 0.142 e. The predicted molar refractivity (Wildman–Crippen MR) is 88.9 cm³/mol. The summed E-state index contributed by atoms with van der Waals surface area (Å²) < 4.78 is 13.4. The van der Waals surface area contributed by atoms with Crippen molar-refractivity contribution < 1.29 is 4.39 Å². The number of allylic oxidation sites excluding steroid dienone is 1. The Balaban J connectivity index is 1.95. The van der Waals surface area contributed by atoms with Crippen LogP contribution < -0.4 is 11.1 Å². The minimum atomic E-state index is -0.437. The third kappa shape index (κ3) is 4.19. The van der Waals surface area contributed by atoms with Crippen LogP contribution in [0.2, 0.25) is 5.02 Å². The molecule has 1 aromatic carbocycles. The molecule has 0 amide bonds. The van der Waals surface area contributed by atoms with Crippen LogP contribution in [0, 0.1) is 5.82 Å².